The number of anilines is 1. The number of halogens is 1. The second kappa shape index (κ2) is 13.5. The van der Waals surface area contributed by atoms with E-state index in [0.29, 0.717) is 30.3 Å². The van der Waals surface area contributed by atoms with Crippen molar-refractivity contribution in [3.63, 3.8) is 0 Å². The van der Waals surface area contributed by atoms with Gasteiger partial charge >= 0.3 is 6.03 Å². The van der Waals surface area contributed by atoms with Gasteiger partial charge in [-0.3, -0.25) is 4.79 Å². The van der Waals surface area contributed by atoms with Crippen LogP contribution in [0.4, 0.5) is 10.5 Å². The minimum Gasteiger partial charge on any atom is -0.338 e. The fraction of sp³-hybridized carbons (Fsp3) is 0.310. The van der Waals surface area contributed by atoms with Crippen LogP contribution in [0.3, 0.4) is 0 Å². The number of amides is 3. The molecule has 0 radical (unpaired) electrons. The lowest BCUT2D eigenvalue weighted by atomic mass is 10.1. The van der Waals surface area contributed by atoms with Crippen molar-refractivity contribution >= 4 is 29.2 Å². The summed E-state index contributed by atoms with van der Waals surface area (Å²) in [6.45, 7) is 5.56. The van der Waals surface area contributed by atoms with Gasteiger partial charge in [0.25, 0.3) is 0 Å². The molecule has 0 spiro atoms. The fourth-order valence-electron chi connectivity index (χ4n) is 3.85. The van der Waals surface area contributed by atoms with Crippen LogP contribution >= 0.6 is 11.6 Å². The summed E-state index contributed by atoms with van der Waals surface area (Å²) >= 11 is 5.96. The number of rotatable bonds is 11. The van der Waals surface area contributed by atoms with E-state index in [-0.39, 0.29) is 24.4 Å². The molecule has 3 aromatic carbocycles. The minimum absolute atomic E-state index is 0.00184. The molecule has 1 N–H and O–H groups in total. The van der Waals surface area contributed by atoms with E-state index in [2.05, 4.69) is 17.4 Å². The predicted molar refractivity (Wildman–Crippen MR) is 144 cm³/mol. The molecule has 6 heteroatoms. The number of urea groups is 1. The summed E-state index contributed by atoms with van der Waals surface area (Å²) < 4.78 is 0. The summed E-state index contributed by atoms with van der Waals surface area (Å²) in [6, 6.07) is 27.0. The molecular weight excluding hydrogens is 458 g/mol. The standard InChI is InChI=1S/C29H34ClN3O2/c1-3-23(2)33(29(35)31-27-16-14-26(30)15-17-27)21-19-28(34)32(22-25-12-8-5-9-13-25)20-18-24-10-6-4-7-11-24/h4-17,23H,3,18-22H2,1-2H3,(H,31,35). The average molecular weight is 492 g/mol. The number of carbonyl (C=O) groups is 2. The second-order valence-corrected chi connectivity index (χ2v) is 9.11. The molecule has 3 aromatic rings. The molecule has 0 aromatic heterocycles. The number of benzene rings is 3. The zero-order chi connectivity index (χ0) is 25.0. The van der Waals surface area contributed by atoms with E-state index in [1.54, 1.807) is 29.2 Å². The third-order valence-electron chi connectivity index (χ3n) is 6.13. The molecule has 35 heavy (non-hydrogen) atoms. The summed E-state index contributed by atoms with van der Waals surface area (Å²) in [7, 11) is 0. The molecule has 3 amide bonds. The van der Waals surface area contributed by atoms with Crippen molar-refractivity contribution in [1.82, 2.24) is 9.80 Å². The van der Waals surface area contributed by atoms with Gasteiger partial charge in [-0.15, -0.1) is 0 Å². The number of carbonyl (C=O) groups excluding carboxylic acids is 2. The molecule has 0 heterocycles. The van der Waals surface area contributed by atoms with Crippen LogP contribution in [0.5, 0.6) is 0 Å². The van der Waals surface area contributed by atoms with Crippen molar-refractivity contribution in [3.05, 3.63) is 101 Å². The molecule has 1 unspecified atom stereocenters. The second-order valence-electron chi connectivity index (χ2n) is 8.67. The summed E-state index contributed by atoms with van der Waals surface area (Å²) in [4.78, 5) is 30.0. The van der Waals surface area contributed by atoms with Gasteiger partial charge in [0, 0.05) is 42.8 Å². The maximum atomic E-state index is 13.4. The molecule has 1 atom stereocenters. The van der Waals surface area contributed by atoms with Crippen LogP contribution < -0.4 is 5.32 Å². The first-order valence-corrected chi connectivity index (χ1v) is 12.5. The maximum Gasteiger partial charge on any atom is 0.322 e. The third-order valence-corrected chi connectivity index (χ3v) is 6.38. The SMILES string of the molecule is CCC(C)N(CCC(=O)N(CCc1ccccc1)Cc1ccccc1)C(=O)Nc1ccc(Cl)cc1. The summed E-state index contributed by atoms with van der Waals surface area (Å²) in [5.74, 6) is 0.0392. The van der Waals surface area contributed by atoms with Crippen LogP contribution in [-0.2, 0) is 17.8 Å². The first-order valence-electron chi connectivity index (χ1n) is 12.1. The molecule has 0 saturated heterocycles. The number of nitrogens with one attached hydrogen (secondary N) is 1. The van der Waals surface area contributed by atoms with E-state index in [9.17, 15) is 9.59 Å². The molecule has 184 valence electrons. The van der Waals surface area contributed by atoms with Crippen molar-refractivity contribution in [3.8, 4) is 0 Å². The topological polar surface area (TPSA) is 52.7 Å². The van der Waals surface area contributed by atoms with Crippen molar-refractivity contribution in [2.24, 2.45) is 0 Å². The Morgan fingerprint density at radius 3 is 2.06 bits per heavy atom. The van der Waals surface area contributed by atoms with E-state index in [4.69, 9.17) is 11.6 Å². The van der Waals surface area contributed by atoms with Gasteiger partial charge in [0.2, 0.25) is 5.91 Å². The lowest BCUT2D eigenvalue weighted by molar-refractivity contribution is -0.132. The fourth-order valence-corrected chi connectivity index (χ4v) is 3.98. The lowest BCUT2D eigenvalue weighted by Gasteiger charge is -2.30. The van der Waals surface area contributed by atoms with Crippen LogP contribution in [0, 0.1) is 0 Å². The zero-order valence-electron chi connectivity index (χ0n) is 20.5. The highest BCUT2D eigenvalue weighted by Gasteiger charge is 2.22. The average Bonchev–Trinajstić information content (AvgIpc) is 2.88. The largest absolute Gasteiger partial charge is 0.338 e. The Labute approximate surface area is 213 Å². The Bertz CT molecular complexity index is 1060. The normalized spacial score (nSPS) is 11.5. The number of nitrogens with zero attached hydrogens (tertiary/aromatic N) is 2. The maximum absolute atomic E-state index is 13.4. The van der Waals surface area contributed by atoms with Crippen LogP contribution in [0.25, 0.3) is 0 Å². The predicted octanol–water partition coefficient (Wildman–Crippen LogP) is 6.63. The molecule has 0 saturated carbocycles. The Balaban J connectivity index is 1.66. The van der Waals surface area contributed by atoms with Gasteiger partial charge < -0.3 is 15.1 Å². The van der Waals surface area contributed by atoms with Gasteiger partial charge in [-0.05, 0) is 55.2 Å². The van der Waals surface area contributed by atoms with Crippen molar-refractivity contribution in [2.45, 2.75) is 45.7 Å². The highest BCUT2D eigenvalue weighted by molar-refractivity contribution is 6.30. The van der Waals surface area contributed by atoms with E-state index >= 15 is 0 Å². The summed E-state index contributed by atoms with van der Waals surface area (Å²) in [5.41, 5.74) is 2.96. The molecule has 0 bridgehead atoms. The van der Waals surface area contributed by atoms with E-state index in [0.717, 1.165) is 18.4 Å². The molecule has 3 rings (SSSR count). The highest BCUT2D eigenvalue weighted by Crippen LogP contribution is 2.16. The van der Waals surface area contributed by atoms with E-state index < -0.39 is 0 Å². The quantitative estimate of drug-likeness (QED) is 0.327. The summed E-state index contributed by atoms with van der Waals surface area (Å²) in [5, 5.41) is 3.54. The first-order chi connectivity index (χ1) is 17.0. The van der Waals surface area contributed by atoms with Crippen LogP contribution in [-0.4, -0.2) is 40.9 Å². The van der Waals surface area contributed by atoms with Gasteiger partial charge in [-0.25, -0.2) is 4.79 Å². The van der Waals surface area contributed by atoms with Gasteiger partial charge in [-0.2, -0.15) is 0 Å². The Morgan fingerprint density at radius 1 is 0.857 bits per heavy atom. The van der Waals surface area contributed by atoms with Gasteiger partial charge in [0.05, 0.1) is 0 Å². The van der Waals surface area contributed by atoms with Crippen LogP contribution in [0.2, 0.25) is 5.02 Å². The molecule has 0 aliphatic heterocycles. The van der Waals surface area contributed by atoms with Gasteiger partial charge in [0.15, 0.2) is 0 Å². The Kier molecular flexibility index (Phi) is 10.2. The van der Waals surface area contributed by atoms with Crippen LogP contribution in [0.1, 0.15) is 37.8 Å². The van der Waals surface area contributed by atoms with Gasteiger partial charge in [-0.1, -0.05) is 79.2 Å². The first kappa shape index (κ1) is 26.3. The number of hydrogen-bond donors (Lipinski definition) is 1. The lowest BCUT2D eigenvalue weighted by Crippen LogP contribution is -2.44. The van der Waals surface area contributed by atoms with Crippen LogP contribution in [0.15, 0.2) is 84.9 Å². The molecular formula is C29H34ClN3O2. The Hall–Kier alpha value is -3.31. The van der Waals surface area contributed by atoms with Crippen molar-refractivity contribution in [1.29, 1.82) is 0 Å². The molecule has 0 aliphatic carbocycles. The third kappa shape index (κ3) is 8.45. The smallest absolute Gasteiger partial charge is 0.322 e. The molecule has 0 fully saturated rings. The summed E-state index contributed by atoms with van der Waals surface area (Å²) in [6.07, 6.45) is 1.84. The zero-order valence-corrected chi connectivity index (χ0v) is 21.2. The Morgan fingerprint density at radius 2 is 1.46 bits per heavy atom. The van der Waals surface area contributed by atoms with E-state index in [1.807, 2.05) is 67.3 Å². The van der Waals surface area contributed by atoms with E-state index in [1.165, 1.54) is 5.56 Å². The molecule has 0 aliphatic rings. The number of hydrogen-bond acceptors (Lipinski definition) is 2. The highest BCUT2D eigenvalue weighted by atomic mass is 35.5. The van der Waals surface area contributed by atoms with Crippen molar-refractivity contribution in [2.75, 3.05) is 18.4 Å². The van der Waals surface area contributed by atoms with Gasteiger partial charge in [0.1, 0.15) is 0 Å². The van der Waals surface area contributed by atoms with Crippen molar-refractivity contribution < 1.29 is 9.59 Å². The molecule has 5 nitrogen and oxygen atoms in total. The monoisotopic (exact) mass is 491 g/mol. The minimum atomic E-state index is -0.214.